The van der Waals surface area contributed by atoms with E-state index < -0.39 is 6.10 Å². The lowest BCUT2D eigenvalue weighted by atomic mass is 10.1. The largest absolute Gasteiger partial charge is 0.462 e. The van der Waals surface area contributed by atoms with Gasteiger partial charge in [0.25, 0.3) is 0 Å². The van der Waals surface area contributed by atoms with Gasteiger partial charge in [0, 0.05) is 19.3 Å². The van der Waals surface area contributed by atoms with Crippen molar-refractivity contribution in [3.63, 3.8) is 0 Å². The first-order valence-corrected chi connectivity index (χ1v) is 26.4. The number of rotatable bonds is 46. The Morgan fingerprint density at radius 3 is 0.969 bits per heavy atom. The van der Waals surface area contributed by atoms with Crippen LogP contribution in [0, 0.1) is 0 Å². The molecule has 6 heteroatoms. The van der Waals surface area contributed by atoms with Crippen LogP contribution in [-0.2, 0) is 28.6 Å². The van der Waals surface area contributed by atoms with Crippen molar-refractivity contribution in [3.05, 3.63) is 109 Å². The molecule has 0 aliphatic carbocycles. The molecule has 1 unspecified atom stereocenters. The molecule has 0 heterocycles. The summed E-state index contributed by atoms with van der Waals surface area (Å²) in [4.78, 5) is 38.0. The van der Waals surface area contributed by atoms with E-state index in [1.807, 2.05) is 0 Å². The summed E-state index contributed by atoms with van der Waals surface area (Å²) < 4.78 is 16.8. The van der Waals surface area contributed by atoms with Crippen molar-refractivity contribution in [3.8, 4) is 0 Å². The molecular formula is C59H96O6. The Morgan fingerprint density at radius 1 is 0.323 bits per heavy atom. The second-order valence-corrected chi connectivity index (χ2v) is 17.0. The number of carbonyl (C=O) groups is 3. The minimum atomic E-state index is -0.806. The van der Waals surface area contributed by atoms with E-state index in [-0.39, 0.29) is 31.1 Å². The molecule has 368 valence electrons. The average molecular weight is 901 g/mol. The zero-order valence-corrected chi connectivity index (χ0v) is 42.0. The fourth-order valence-corrected chi connectivity index (χ4v) is 6.83. The summed E-state index contributed by atoms with van der Waals surface area (Å²) in [5.74, 6) is -0.965. The van der Waals surface area contributed by atoms with Gasteiger partial charge in [-0.25, -0.2) is 0 Å². The summed E-state index contributed by atoms with van der Waals surface area (Å²) in [5.41, 5.74) is 0. The van der Waals surface area contributed by atoms with E-state index in [1.165, 1.54) is 38.5 Å². The van der Waals surface area contributed by atoms with Crippen LogP contribution in [0.3, 0.4) is 0 Å². The number of hydrogen-bond donors (Lipinski definition) is 0. The average Bonchev–Trinajstić information content (AvgIpc) is 3.30. The maximum atomic E-state index is 12.8. The van der Waals surface area contributed by atoms with E-state index in [0.717, 1.165) is 148 Å². The smallest absolute Gasteiger partial charge is 0.306 e. The van der Waals surface area contributed by atoms with Gasteiger partial charge in [-0.15, -0.1) is 0 Å². The van der Waals surface area contributed by atoms with Crippen LogP contribution in [0.4, 0.5) is 0 Å². The molecule has 0 radical (unpaired) electrons. The van der Waals surface area contributed by atoms with Crippen LogP contribution in [0.2, 0.25) is 0 Å². The van der Waals surface area contributed by atoms with Crippen LogP contribution in [0.25, 0.3) is 0 Å². The van der Waals surface area contributed by atoms with Gasteiger partial charge in [-0.1, -0.05) is 194 Å². The third-order valence-electron chi connectivity index (χ3n) is 10.7. The normalized spacial score (nSPS) is 13.0. The lowest BCUT2D eigenvalue weighted by Gasteiger charge is -2.18. The highest BCUT2D eigenvalue weighted by Gasteiger charge is 2.19. The zero-order valence-electron chi connectivity index (χ0n) is 42.0. The molecule has 65 heavy (non-hydrogen) atoms. The molecule has 0 rings (SSSR count). The predicted molar refractivity (Wildman–Crippen MR) is 279 cm³/mol. The van der Waals surface area contributed by atoms with Crippen LogP contribution < -0.4 is 0 Å². The van der Waals surface area contributed by atoms with Crippen LogP contribution in [-0.4, -0.2) is 37.2 Å². The maximum Gasteiger partial charge on any atom is 0.306 e. The number of ether oxygens (including phenoxy) is 3. The van der Waals surface area contributed by atoms with Gasteiger partial charge in [-0.2, -0.15) is 0 Å². The van der Waals surface area contributed by atoms with Crippen LogP contribution in [0.15, 0.2) is 109 Å². The van der Waals surface area contributed by atoms with Gasteiger partial charge in [0.1, 0.15) is 13.2 Å². The van der Waals surface area contributed by atoms with Gasteiger partial charge >= 0.3 is 17.9 Å². The molecule has 0 bridgehead atoms. The first-order chi connectivity index (χ1) is 32.0. The highest BCUT2D eigenvalue weighted by molar-refractivity contribution is 5.71. The lowest BCUT2D eigenvalue weighted by molar-refractivity contribution is -0.167. The number of allylic oxidation sites excluding steroid dienone is 18. The highest BCUT2D eigenvalue weighted by Crippen LogP contribution is 2.13. The van der Waals surface area contributed by atoms with E-state index in [9.17, 15) is 14.4 Å². The Balaban J connectivity index is 4.49. The molecule has 0 spiro atoms. The van der Waals surface area contributed by atoms with Gasteiger partial charge in [-0.3, -0.25) is 14.4 Å². The summed E-state index contributed by atoms with van der Waals surface area (Å²) in [6.07, 6.45) is 70.7. The molecular weight excluding hydrogens is 805 g/mol. The molecule has 0 saturated heterocycles. The standard InChI is InChI=1S/C59H96O6/c1-4-7-10-13-16-19-22-25-27-28-29-30-32-34-37-40-43-46-49-52-58(61)64-55-56(54-63-57(60)51-48-45-42-39-36-33-24-21-18-15-12-9-6-3)65-59(62)53-50-47-44-41-38-35-31-26-23-20-17-14-11-8-5-2/h7-8,10-11,16-17,19-21,24-27,29-31,34,37,56H,4-6,9,12-15,18,22-23,28,32-33,35-36,38-55H2,1-3H3/b10-7-,11-8-,19-16-,20-17-,24-21-,27-25-,30-29-,31-26-,37-34-. The minimum Gasteiger partial charge on any atom is -0.462 e. The molecule has 0 N–H and O–H groups in total. The zero-order chi connectivity index (χ0) is 47.2. The molecule has 0 aromatic carbocycles. The maximum absolute atomic E-state index is 12.8. The Labute approximate surface area is 400 Å². The molecule has 0 aromatic rings. The predicted octanol–water partition coefficient (Wildman–Crippen LogP) is 17.5. The van der Waals surface area contributed by atoms with E-state index >= 15 is 0 Å². The first kappa shape index (κ1) is 61.1. The Hall–Kier alpha value is -3.93. The van der Waals surface area contributed by atoms with Crippen LogP contribution >= 0.6 is 0 Å². The summed E-state index contributed by atoms with van der Waals surface area (Å²) in [5, 5.41) is 0. The monoisotopic (exact) mass is 901 g/mol. The van der Waals surface area contributed by atoms with E-state index in [0.29, 0.717) is 19.3 Å². The van der Waals surface area contributed by atoms with E-state index in [4.69, 9.17) is 14.2 Å². The van der Waals surface area contributed by atoms with Gasteiger partial charge < -0.3 is 14.2 Å². The molecule has 6 nitrogen and oxygen atoms in total. The SMILES string of the molecule is CC/C=C\C/C=C\C/C=C\C/C=C\C/C=C\CCCCCC(=O)OCC(COC(=O)CCCCCCC/C=C\CCCCCC)OC(=O)CCCCCCC/C=C\C/C=C\C/C=C\CC. The minimum absolute atomic E-state index is 0.102. The Bertz CT molecular complexity index is 1360. The van der Waals surface area contributed by atoms with Crippen LogP contribution in [0.5, 0.6) is 0 Å². The molecule has 0 fully saturated rings. The van der Waals surface area contributed by atoms with Crippen molar-refractivity contribution < 1.29 is 28.6 Å². The third kappa shape index (κ3) is 50.9. The second-order valence-electron chi connectivity index (χ2n) is 17.0. The van der Waals surface area contributed by atoms with Crippen molar-refractivity contribution >= 4 is 17.9 Å². The van der Waals surface area contributed by atoms with Gasteiger partial charge in [0.15, 0.2) is 6.10 Å². The lowest BCUT2D eigenvalue weighted by Crippen LogP contribution is -2.30. The fourth-order valence-electron chi connectivity index (χ4n) is 6.83. The summed E-state index contributed by atoms with van der Waals surface area (Å²) in [7, 11) is 0. The molecule has 0 saturated carbocycles. The molecule has 0 amide bonds. The molecule has 0 aliphatic rings. The number of carbonyl (C=O) groups excluding carboxylic acids is 3. The number of unbranched alkanes of at least 4 members (excludes halogenated alkanes) is 17. The Morgan fingerprint density at radius 2 is 0.600 bits per heavy atom. The second kappa shape index (κ2) is 52.7. The van der Waals surface area contributed by atoms with Gasteiger partial charge in [0.2, 0.25) is 0 Å². The summed E-state index contributed by atoms with van der Waals surface area (Å²) in [6.45, 7) is 6.33. The number of hydrogen-bond acceptors (Lipinski definition) is 6. The van der Waals surface area contributed by atoms with Crippen molar-refractivity contribution in [2.75, 3.05) is 13.2 Å². The highest BCUT2D eigenvalue weighted by atomic mass is 16.6. The van der Waals surface area contributed by atoms with Crippen molar-refractivity contribution in [1.29, 1.82) is 0 Å². The van der Waals surface area contributed by atoms with Gasteiger partial charge in [-0.05, 0) is 122 Å². The summed E-state index contributed by atoms with van der Waals surface area (Å²) in [6, 6.07) is 0. The molecule has 1 atom stereocenters. The topological polar surface area (TPSA) is 78.9 Å². The van der Waals surface area contributed by atoms with Gasteiger partial charge in [0.05, 0.1) is 0 Å². The van der Waals surface area contributed by atoms with E-state index in [2.05, 4.69) is 130 Å². The third-order valence-corrected chi connectivity index (χ3v) is 10.7. The van der Waals surface area contributed by atoms with Crippen molar-refractivity contribution in [1.82, 2.24) is 0 Å². The van der Waals surface area contributed by atoms with Crippen molar-refractivity contribution in [2.24, 2.45) is 0 Å². The first-order valence-electron chi connectivity index (χ1n) is 26.4. The molecule has 0 aromatic heterocycles. The molecule has 0 aliphatic heterocycles. The Kier molecular flexibility index (Phi) is 49.5. The van der Waals surface area contributed by atoms with E-state index in [1.54, 1.807) is 0 Å². The quantitative estimate of drug-likeness (QED) is 0.0262. The van der Waals surface area contributed by atoms with Crippen molar-refractivity contribution in [2.45, 2.75) is 232 Å². The van der Waals surface area contributed by atoms with Crippen LogP contribution in [0.1, 0.15) is 226 Å². The summed E-state index contributed by atoms with van der Waals surface area (Å²) >= 11 is 0. The fraction of sp³-hybridized carbons (Fsp3) is 0.644. The number of esters is 3.